The number of nitrogens with zero attached hydrogens (tertiary/aromatic N) is 1. The lowest BCUT2D eigenvalue weighted by Crippen LogP contribution is -2.13. The lowest BCUT2D eigenvalue weighted by molar-refractivity contribution is 0.589. The summed E-state index contributed by atoms with van der Waals surface area (Å²) in [5.41, 5.74) is 7.68. The molecule has 0 radical (unpaired) electrons. The molecule has 1 aromatic heterocycles. The highest BCUT2D eigenvalue weighted by molar-refractivity contribution is 5.95. The van der Waals surface area contributed by atoms with Gasteiger partial charge in [-0.2, -0.15) is 0 Å². The average Bonchev–Trinajstić information content (AvgIpc) is 2.72. The van der Waals surface area contributed by atoms with Gasteiger partial charge in [-0.3, -0.25) is 4.98 Å². The molecular formula is C29H31N. The zero-order valence-electron chi connectivity index (χ0n) is 19.0. The fourth-order valence-electron chi connectivity index (χ4n) is 4.08. The molecule has 0 aliphatic heterocycles. The van der Waals surface area contributed by atoms with Gasteiger partial charge in [0.15, 0.2) is 0 Å². The van der Waals surface area contributed by atoms with Crippen LogP contribution in [-0.4, -0.2) is 4.98 Å². The third-order valence-electron chi connectivity index (χ3n) is 5.84. The minimum absolute atomic E-state index is 0.0583. The van der Waals surface area contributed by atoms with E-state index in [0.717, 1.165) is 11.3 Å². The molecule has 0 aliphatic carbocycles. The van der Waals surface area contributed by atoms with Gasteiger partial charge in [0, 0.05) is 17.1 Å². The summed E-state index contributed by atoms with van der Waals surface area (Å²) in [6, 6.07) is 26.5. The predicted molar refractivity (Wildman–Crippen MR) is 130 cm³/mol. The fourth-order valence-corrected chi connectivity index (χ4v) is 4.08. The first-order valence-electron chi connectivity index (χ1n) is 10.7. The molecular weight excluding hydrogens is 362 g/mol. The van der Waals surface area contributed by atoms with Crippen molar-refractivity contribution in [2.75, 3.05) is 0 Å². The van der Waals surface area contributed by atoms with Gasteiger partial charge in [-0.1, -0.05) is 102 Å². The van der Waals surface area contributed by atoms with Crippen LogP contribution in [0.3, 0.4) is 0 Å². The van der Waals surface area contributed by atoms with Crippen molar-refractivity contribution >= 4 is 10.8 Å². The molecule has 0 spiro atoms. The first kappa shape index (κ1) is 20.3. The van der Waals surface area contributed by atoms with E-state index in [1.807, 2.05) is 6.20 Å². The zero-order valence-corrected chi connectivity index (χ0v) is 19.0. The molecule has 0 saturated heterocycles. The number of benzene rings is 3. The summed E-state index contributed by atoms with van der Waals surface area (Å²) in [5, 5.41) is 2.41. The quantitative estimate of drug-likeness (QED) is 0.335. The molecule has 0 amide bonds. The minimum atomic E-state index is 0.0583. The number of fused-ring (bicyclic) bond motifs is 1. The first-order valence-corrected chi connectivity index (χ1v) is 10.7. The lowest BCUT2D eigenvalue weighted by atomic mass is 9.80. The molecule has 30 heavy (non-hydrogen) atoms. The van der Waals surface area contributed by atoms with E-state index in [-0.39, 0.29) is 10.8 Å². The van der Waals surface area contributed by atoms with E-state index in [1.54, 1.807) is 0 Å². The molecule has 4 aromatic rings. The van der Waals surface area contributed by atoms with Gasteiger partial charge in [0.2, 0.25) is 0 Å². The molecule has 0 saturated carbocycles. The summed E-state index contributed by atoms with van der Waals surface area (Å²) in [6.07, 6.45) is 1.91. The van der Waals surface area contributed by atoms with E-state index in [1.165, 1.54) is 33.0 Å². The van der Waals surface area contributed by atoms with Gasteiger partial charge < -0.3 is 0 Å². The van der Waals surface area contributed by atoms with Crippen molar-refractivity contribution in [2.24, 2.45) is 0 Å². The minimum Gasteiger partial charge on any atom is -0.256 e. The third-order valence-corrected chi connectivity index (χ3v) is 5.84. The van der Waals surface area contributed by atoms with Gasteiger partial charge in [-0.15, -0.1) is 0 Å². The second-order valence-corrected chi connectivity index (χ2v) is 10.2. The van der Waals surface area contributed by atoms with Crippen LogP contribution in [0.4, 0.5) is 0 Å². The summed E-state index contributed by atoms with van der Waals surface area (Å²) >= 11 is 0. The Morgan fingerprint density at radius 2 is 1.30 bits per heavy atom. The van der Waals surface area contributed by atoms with E-state index < -0.39 is 0 Å². The standard InChI is InChI=1S/C29H31N/c1-28(2,3)23-14-11-21(12-15-23)25-19-22(13-16-26(25)29(4,5)6)27-24-10-8-7-9-20(24)17-18-30-27/h7-19H,1-6H3. The molecule has 4 rings (SSSR count). The van der Waals surface area contributed by atoms with Crippen LogP contribution in [0.2, 0.25) is 0 Å². The average molecular weight is 394 g/mol. The zero-order chi connectivity index (χ0) is 21.5. The second-order valence-electron chi connectivity index (χ2n) is 10.2. The summed E-state index contributed by atoms with van der Waals surface area (Å²) in [7, 11) is 0. The monoisotopic (exact) mass is 393 g/mol. The van der Waals surface area contributed by atoms with Crippen LogP contribution in [0.5, 0.6) is 0 Å². The van der Waals surface area contributed by atoms with E-state index >= 15 is 0 Å². The molecule has 0 bridgehead atoms. The highest BCUT2D eigenvalue weighted by atomic mass is 14.7. The normalized spacial score (nSPS) is 12.3. The highest BCUT2D eigenvalue weighted by Gasteiger charge is 2.21. The lowest BCUT2D eigenvalue weighted by Gasteiger charge is -2.25. The topological polar surface area (TPSA) is 12.9 Å². The Bertz CT molecular complexity index is 1180. The first-order chi connectivity index (χ1) is 14.1. The molecule has 0 fully saturated rings. The van der Waals surface area contributed by atoms with Crippen LogP contribution in [-0.2, 0) is 10.8 Å². The van der Waals surface area contributed by atoms with Crippen molar-refractivity contribution in [2.45, 2.75) is 52.4 Å². The molecule has 0 unspecified atom stereocenters. The molecule has 0 atom stereocenters. The molecule has 152 valence electrons. The van der Waals surface area contributed by atoms with Crippen LogP contribution < -0.4 is 0 Å². The van der Waals surface area contributed by atoms with Gasteiger partial charge in [0.05, 0.1) is 5.69 Å². The van der Waals surface area contributed by atoms with E-state index in [9.17, 15) is 0 Å². The summed E-state index contributed by atoms with van der Waals surface area (Å²) < 4.78 is 0. The SMILES string of the molecule is CC(C)(C)c1ccc(-c2cc(-c3nccc4ccccc34)ccc2C(C)(C)C)cc1. The Balaban J connectivity index is 1.91. The number of rotatable bonds is 2. The molecule has 1 heteroatoms. The molecule has 0 N–H and O–H groups in total. The Kier molecular flexibility index (Phi) is 5.02. The van der Waals surface area contributed by atoms with Crippen LogP contribution in [0.15, 0.2) is 79.0 Å². The predicted octanol–water partition coefficient (Wildman–Crippen LogP) is 8.16. The molecule has 1 heterocycles. The molecule has 0 aliphatic rings. The van der Waals surface area contributed by atoms with Crippen molar-refractivity contribution in [1.82, 2.24) is 4.98 Å². The van der Waals surface area contributed by atoms with Gasteiger partial charge in [-0.05, 0) is 50.6 Å². The van der Waals surface area contributed by atoms with Crippen LogP contribution in [0.1, 0.15) is 52.7 Å². The van der Waals surface area contributed by atoms with Crippen molar-refractivity contribution in [3.63, 3.8) is 0 Å². The Morgan fingerprint density at radius 3 is 1.97 bits per heavy atom. The third kappa shape index (κ3) is 3.89. The van der Waals surface area contributed by atoms with Gasteiger partial charge in [0.1, 0.15) is 0 Å². The Labute approximate surface area is 180 Å². The van der Waals surface area contributed by atoms with E-state index in [0.29, 0.717) is 0 Å². The van der Waals surface area contributed by atoms with Crippen LogP contribution in [0.25, 0.3) is 33.2 Å². The van der Waals surface area contributed by atoms with Crippen molar-refractivity contribution < 1.29 is 0 Å². The summed E-state index contributed by atoms with van der Waals surface area (Å²) in [4.78, 5) is 4.75. The molecule has 3 aromatic carbocycles. The largest absolute Gasteiger partial charge is 0.256 e. The van der Waals surface area contributed by atoms with Crippen molar-refractivity contribution in [3.8, 4) is 22.4 Å². The van der Waals surface area contributed by atoms with Crippen molar-refractivity contribution in [3.05, 3.63) is 90.1 Å². The maximum Gasteiger partial charge on any atom is 0.0780 e. The van der Waals surface area contributed by atoms with E-state index in [4.69, 9.17) is 4.98 Å². The number of pyridine rings is 1. The Hall–Kier alpha value is -2.93. The number of hydrogen-bond donors (Lipinski definition) is 0. The number of hydrogen-bond acceptors (Lipinski definition) is 1. The Morgan fingerprint density at radius 1 is 0.633 bits per heavy atom. The van der Waals surface area contributed by atoms with Crippen molar-refractivity contribution in [1.29, 1.82) is 0 Å². The van der Waals surface area contributed by atoms with Gasteiger partial charge in [-0.25, -0.2) is 0 Å². The maximum absolute atomic E-state index is 4.75. The smallest absolute Gasteiger partial charge is 0.0780 e. The fraction of sp³-hybridized carbons (Fsp3) is 0.276. The second kappa shape index (κ2) is 7.40. The summed E-state index contributed by atoms with van der Waals surface area (Å²) in [6.45, 7) is 13.6. The molecule has 1 nitrogen and oxygen atoms in total. The van der Waals surface area contributed by atoms with Crippen LogP contribution >= 0.6 is 0 Å². The van der Waals surface area contributed by atoms with E-state index in [2.05, 4.69) is 114 Å². The van der Waals surface area contributed by atoms with Gasteiger partial charge >= 0.3 is 0 Å². The number of aromatic nitrogens is 1. The van der Waals surface area contributed by atoms with Crippen LogP contribution in [0, 0.1) is 0 Å². The van der Waals surface area contributed by atoms with Gasteiger partial charge in [0.25, 0.3) is 0 Å². The highest BCUT2D eigenvalue weighted by Crippen LogP contribution is 2.38. The summed E-state index contributed by atoms with van der Waals surface area (Å²) in [5.74, 6) is 0. The maximum atomic E-state index is 4.75.